The number of hydrogen-bond acceptors (Lipinski definition) is 4. The maximum atomic E-state index is 12.4. The number of nitrogens with one attached hydrogen (secondary N) is 3. The number of furan rings is 1. The highest BCUT2D eigenvalue weighted by Gasteiger charge is 2.09. The minimum atomic E-state index is -0.145. The average molecular weight is 435 g/mol. The molecule has 2 aromatic carbocycles. The van der Waals surface area contributed by atoms with Gasteiger partial charge in [0.1, 0.15) is 17.6 Å². The van der Waals surface area contributed by atoms with Gasteiger partial charge in [0.15, 0.2) is 5.96 Å². The number of carbonyl (C=O) groups excluding carboxylic acids is 1. The first-order valence-electron chi connectivity index (χ1n) is 10.6. The molecular formula is C25H30N4O3. The Kier molecular flexibility index (Phi) is 8.31. The molecule has 168 valence electrons. The fourth-order valence-electron chi connectivity index (χ4n) is 3.10. The number of nitrogens with zero attached hydrogens (tertiary/aromatic N) is 1. The molecule has 7 heteroatoms. The van der Waals surface area contributed by atoms with E-state index < -0.39 is 0 Å². The van der Waals surface area contributed by atoms with E-state index in [9.17, 15) is 4.79 Å². The molecule has 0 radical (unpaired) electrons. The Hall–Kier alpha value is -3.74. The Morgan fingerprint density at radius 1 is 1.03 bits per heavy atom. The molecule has 3 aromatic rings. The minimum Gasteiger partial charge on any atom is -0.489 e. The Balaban J connectivity index is 1.46. The highest BCUT2D eigenvalue weighted by atomic mass is 16.5. The van der Waals surface area contributed by atoms with Gasteiger partial charge < -0.3 is 25.1 Å². The fourth-order valence-corrected chi connectivity index (χ4v) is 3.10. The quantitative estimate of drug-likeness (QED) is 0.353. The molecule has 1 amide bonds. The summed E-state index contributed by atoms with van der Waals surface area (Å²) in [7, 11) is 1.72. The number of hydrogen-bond donors (Lipinski definition) is 3. The van der Waals surface area contributed by atoms with Crippen LogP contribution in [-0.2, 0) is 13.1 Å². The molecule has 0 bridgehead atoms. The first-order valence-corrected chi connectivity index (χ1v) is 10.6. The van der Waals surface area contributed by atoms with Crippen LogP contribution in [0.1, 0.15) is 34.2 Å². The Bertz CT molecular complexity index is 1030. The van der Waals surface area contributed by atoms with Gasteiger partial charge in [0.2, 0.25) is 0 Å². The summed E-state index contributed by atoms with van der Waals surface area (Å²) in [5.74, 6) is 2.12. The number of ether oxygens (including phenoxy) is 1. The van der Waals surface area contributed by atoms with Crippen molar-refractivity contribution in [3.63, 3.8) is 0 Å². The van der Waals surface area contributed by atoms with Crippen LogP contribution in [0.2, 0.25) is 0 Å². The van der Waals surface area contributed by atoms with Crippen molar-refractivity contribution in [1.82, 2.24) is 16.0 Å². The maximum absolute atomic E-state index is 12.4. The van der Waals surface area contributed by atoms with Gasteiger partial charge in [-0.05, 0) is 55.3 Å². The van der Waals surface area contributed by atoms with Crippen molar-refractivity contribution in [3.8, 4) is 5.75 Å². The van der Waals surface area contributed by atoms with Gasteiger partial charge in [-0.1, -0.05) is 30.3 Å². The van der Waals surface area contributed by atoms with E-state index in [-0.39, 0.29) is 12.0 Å². The number of guanidine groups is 1. The number of amides is 1. The van der Waals surface area contributed by atoms with Crippen LogP contribution in [0.15, 0.2) is 76.3 Å². The molecule has 3 rings (SSSR count). The van der Waals surface area contributed by atoms with Crippen molar-refractivity contribution in [1.29, 1.82) is 0 Å². The molecule has 0 saturated carbocycles. The van der Waals surface area contributed by atoms with Crippen LogP contribution in [0.5, 0.6) is 5.75 Å². The maximum Gasteiger partial charge on any atom is 0.251 e. The predicted octanol–water partition coefficient (Wildman–Crippen LogP) is 3.65. The Morgan fingerprint density at radius 3 is 2.62 bits per heavy atom. The lowest BCUT2D eigenvalue weighted by Crippen LogP contribution is -2.41. The molecule has 0 spiro atoms. The second kappa shape index (κ2) is 11.6. The summed E-state index contributed by atoms with van der Waals surface area (Å²) in [6.45, 7) is 5.53. The van der Waals surface area contributed by atoms with E-state index in [1.54, 1.807) is 25.4 Å². The van der Waals surface area contributed by atoms with Crippen LogP contribution in [0.25, 0.3) is 0 Å². The molecule has 1 aromatic heterocycles. The van der Waals surface area contributed by atoms with E-state index >= 15 is 0 Å². The standard InChI is InChI=1S/C25H30N4O3/c1-18-8-4-5-12-23(18)32-19(2)15-28-25(26-3)29-16-20-9-6-10-21(14-20)24(30)27-17-22-11-7-13-31-22/h4-14,19H,15-17H2,1-3H3,(H,27,30)(H2,26,28,29). The lowest BCUT2D eigenvalue weighted by Gasteiger charge is -2.19. The van der Waals surface area contributed by atoms with Crippen molar-refractivity contribution in [2.75, 3.05) is 13.6 Å². The van der Waals surface area contributed by atoms with Crippen molar-refractivity contribution in [3.05, 3.63) is 89.4 Å². The van der Waals surface area contributed by atoms with Gasteiger partial charge in [0, 0.05) is 19.2 Å². The van der Waals surface area contributed by atoms with Gasteiger partial charge in [0.05, 0.1) is 19.4 Å². The zero-order valence-electron chi connectivity index (χ0n) is 18.7. The van der Waals surface area contributed by atoms with Gasteiger partial charge >= 0.3 is 0 Å². The summed E-state index contributed by atoms with van der Waals surface area (Å²) in [5.41, 5.74) is 2.68. The van der Waals surface area contributed by atoms with E-state index in [0.717, 1.165) is 16.9 Å². The van der Waals surface area contributed by atoms with E-state index in [1.807, 2.05) is 62.4 Å². The lowest BCUT2D eigenvalue weighted by atomic mass is 10.1. The number of para-hydroxylation sites is 1. The second-order valence-electron chi connectivity index (χ2n) is 7.46. The van der Waals surface area contributed by atoms with Gasteiger partial charge in [0.25, 0.3) is 5.91 Å². The van der Waals surface area contributed by atoms with E-state index in [0.29, 0.717) is 36.9 Å². The molecule has 0 aliphatic carbocycles. The SMILES string of the molecule is CN=C(NCc1cccc(C(=O)NCc2ccco2)c1)NCC(C)Oc1ccccc1C. The third-order valence-electron chi connectivity index (χ3n) is 4.85. The van der Waals surface area contributed by atoms with Gasteiger partial charge in [-0.2, -0.15) is 0 Å². The van der Waals surface area contributed by atoms with Crippen LogP contribution in [-0.4, -0.2) is 31.6 Å². The first kappa shape index (κ1) is 22.9. The summed E-state index contributed by atoms with van der Waals surface area (Å²) in [6, 6.07) is 19.1. The number of carbonyl (C=O) groups is 1. The number of aliphatic imine (C=N–C) groups is 1. The number of benzene rings is 2. The highest BCUT2D eigenvalue weighted by molar-refractivity contribution is 5.94. The average Bonchev–Trinajstić information content (AvgIpc) is 3.33. The van der Waals surface area contributed by atoms with Crippen LogP contribution in [0, 0.1) is 6.92 Å². The van der Waals surface area contributed by atoms with E-state index in [4.69, 9.17) is 9.15 Å². The number of aryl methyl sites for hydroxylation is 1. The van der Waals surface area contributed by atoms with E-state index in [1.165, 1.54) is 0 Å². The minimum absolute atomic E-state index is 0.0316. The molecule has 1 heterocycles. The number of rotatable bonds is 9. The highest BCUT2D eigenvalue weighted by Crippen LogP contribution is 2.17. The third kappa shape index (κ3) is 6.91. The van der Waals surface area contributed by atoms with Gasteiger partial charge in [-0.3, -0.25) is 9.79 Å². The zero-order chi connectivity index (χ0) is 22.8. The van der Waals surface area contributed by atoms with Crippen LogP contribution in [0.4, 0.5) is 0 Å². The molecule has 1 atom stereocenters. The van der Waals surface area contributed by atoms with Crippen LogP contribution in [0.3, 0.4) is 0 Å². The largest absolute Gasteiger partial charge is 0.489 e. The Morgan fingerprint density at radius 2 is 1.88 bits per heavy atom. The normalized spacial score (nSPS) is 12.2. The summed E-state index contributed by atoms with van der Waals surface area (Å²) in [4.78, 5) is 16.7. The summed E-state index contributed by atoms with van der Waals surface area (Å²) >= 11 is 0. The smallest absolute Gasteiger partial charge is 0.251 e. The van der Waals surface area contributed by atoms with E-state index in [2.05, 4.69) is 20.9 Å². The molecule has 7 nitrogen and oxygen atoms in total. The molecule has 32 heavy (non-hydrogen) atoms. The summed E-state index contributed by atoms with van der Waals surface area (Å²) < 4.78 is 11.2. The topological polar surface area (TPSA) is 87.9 Å². The third-order valence-corrected chi connectivity index (χ3v) is 4.85. The zero-order valence-corrected chi connectivity index (χ0v) is 18.7. The molecule has 0 saturated heterocycles. The molecule has 1 unspecified atom stereocenters. The molecule has 0 aliphatic rings. The monoisotopic (exact) mass is 434 g/mol. The first-order chi connectivity index (χ1) is 15.5. The van der Waals surface area contributed by atoms with Crippen molar-refractivity contribution >= 4 is 11.9 Å². The second-order valence-corrected chi connectivity index (χ2v) is 7.46. The molecule has 3 N–H and O–H groups in total. The van der Waals surface area contributed by atoms with Crippen LogP contribution < -0.4 is 20.7 Å². The molecular weight excluding hydrogens is 404 g/mol. The van der Waals surface area contributed by atoms with Crippen molar-refractivity contribution in [2.45, 2.75) is 33.0 Å². The van der Waals surface area contributed by atoms with Crippen LogP contribution >= 0.6 is 0 Å². The Labute approximate surface area is 188 Å². The summed E-state index contributed by atoms with van der Waals surface area (Å²) in [5, 5.41) is 9.41. The lowest BCUT2D eigenvalue weighted by molar-refractivity contribution is 0.0948. The van der Waals surface area contributed by atoms with Crippen molar-refractivity contribution < 1.29 is 13.9 Å². The fraction of sp³-hybridized carbons (Fsp3) is 0.280. The molecule has 0 aliphatic heterocycles. The summed E-state index contributed by atoms with van der Waals surface area (Å²) in [6.07, 6.45) is 1.56. The van der Waals surface area contributed by atoms with Gasteiger partial charge in [-0.15, -0.1) is 0 Å². The van der Waals surface area contributed by atoms with Crippen molar-refractivity contribution in [2.24, 2.45) is 4.99 Å². The predicted molar refractivity (Wildman–Crippen MR) is 126 cm³/mol. The molecule has 0 fully saturated rings. The van der Waals surface area contributed by atoms with Gasteiger partial charge in [-0.25, -0.2) is 0 Å².